The molecule has 0 spiro atoms. The molecule has 0 saturated heterocycles. The SMILES string of the molecule is CC(C)C(NC1=NCCN(C(=O)OC(C)(C)C)C1)C(N)=O. The first-order chi connectivity index (χ1) is 9.60. The van der Waals surface area contributed by atoms with E-state index in [1.165, 1.54) is 0 Å². The molecule has 3 N–H and O–H groups in total. The number of hydrogen-bond donors (Lipinski definition) is 2. The van der Waals surface area contributed by atoms with Crippen molar-refractivity contribution in [2.75, 3.05) is 19.6 Å². The Labute approximate surface area is 125 Å². The fourth-order valence-corrected chi connectivity index (χ4v) is 1.93. The number of nitrogens with one attached hydrogen (secondary N) is 1. The van der Waals surface area contributed by atoms with Crippen LogP contribution in [-0.4, -0.2) is 54.0 Å². The Balaban J connectivity index is 2.65. The Morgan fingerprint density at radius 2 is 2.00 bits per heavy atom. The fourth-order valence-electron chi connectivity index (χ4n) is 1.93. The molecule has 0 bridgehead atoms. The van der Waals surface area contributed by atoms with E-state index in [-0.39, 0.29) is 12.0 Å². The first kappa shape index (κ1) is 17.3. The molecule has 1 atom stereocenters. The average Bonchev–Trinajstić information content (AvgIpc) is 2.33. The van der Waals surface area contributed by atoms with Crippen LogP contribution in [0.25, 0.3) is 0 Å². The van der Waals surface area contributed by atoms with E-state index in [0.717, 1.165) is 0 Å². The maximum atomic E-state index is 12.0. The van der Waals surface area contributed by atoms with E-state index >= 15 is 0 Å². The molecule has 0 aromatic heterocycles. The highest BCUT2D eigenvalue weighted by molar-refractivity contribution is 5.92. The molecule has 0 radical (unpaired) electrons. The number of amidine groups is 1. The van der Waals surface area contributed by atoms with Crippen molar-refractivity contribution in [3.05, 3.63) is 0 Å². The highest BCUT2D eigenvalue weighted by atomic mass is 16.6. The van der Waals surface area contributed by atoms with Gasteiger partial charge >= 0.3 is 6.09 Å². The Bertz CT molecular complexity index is 426. The lowest BCUT2D eigenvalue weighted by atomic mass is 10.0. The zero-order valence-corrected chi connectivity index (χ0v) is 13.5. The highest BCUT2D eigenvalue weighted by Crippen LogP contribution is 2.11. The predicted molar refractivity (Wildman–Crippen MR) is 81.1 cm³/mol. The van der Waals surface area contributed by atoms with Gasteiger partial charge < -0.3 is 15.8 Å². The van der Waals surface area contributed by atoms with Crippen LogP contribution in [-0.2, 0) is 9.53 Å². The number of ether oxygens (including phenoxy) is 1. The van der Waals surface area contributed by atoms with Gasteiger partial charge in [0.05, 0.1) is 13.1 Å². The molecule has 2 amide bonds. The maximum absolute atomic E-state index is 12.0. The second-order valence-corrected chi connectivity index (χ2v) is 6.50. The Morgan fingerprint density at radius 1 is 1.38 bits per heavy atom. The van der Waals surface area contributed by atoms with Crippen LogP contribution in [0.2, 0.25) is 0 Å². The van der Waals surface area contributed by atoms with Crippen LogP contribution >= 0.6 is 0 Å². The number of hydrogen-bond acceptors (Lipinski definition) is 5. The zero-order valence-electron chi connectivity index (χ0n) is 13.5. The molecule has 0 fully saturated rings. The van der Waals surface area contributed by atoms with E-state index < -0.39 is 17.6 Å². The summed E-state index contributed by atoms with van der Waals surface area (Å²) in [6.07, 6.45) is -0.378. The van der Waals surface area contributed by atoms with Gasteiger partial charge in [-0.15, -0.1) is 0 Å². The van der Waals surface area contributed by atoms with Gasteiger partial charge in [-0.05, 0) is 26.7 Å². The van der Waals surface area contributed by atoms with Gasteiger partial charge in [0.1, 0.15) is 17.5 Å². The first-order valence-corrected chi connectivity index (χ1v) is 7.17. The molecule has 0 aromatic carbocycles. The zero-order chi connectivity index (χ0) is 16.2. The summed E-state index contributed by atoms with van der Waals surface area (Å²) >= 11 is 0. The number of rotatable bonds is 3. The average molecular weight is 298 g/mol. The molecule has 1 aliphatic heterocycles. The van der Waals surface area contributed by atoms with Crippen LogP contribution < -0.4 is 11.1 Å². The number of nitrogens with zero attached hydrogens (tertiary/aromatic N) is 2. The molecule has 1 aliphatic rings. The van der Waals surface area contributed by atoms with Gasteiger partial charge in [0.15, 0.2) is 0 Å². The van der Waals surface area contributed by atoms with Gasteiger partial charge in [0, 0.05) is 6.54 Å². The summed E-state index contributed by atoms with van der Waals surface area (Å²) in [6, 6.07) is -0.498. The van der Waals surface area contributed by atoms with Crippen LogP contribution in [0.15, 0.2) is 4.99 Å². The lowest BCUT2D eigenvalue weighted by molar-refractivity contribution is -0.120. The summed E-state index contributed by atoms with van der Waals surface area (Å²) in [5.41, 5.74) is 4.84. The van der Waals surface area contributed by atoms with Crippen molar-refractivity contribution in [2.24, 2.45) is 16.6 Å². The van der Waals surface area contributed by atoms with Crippen molar-refractivity contribution < 1.29 is 14.3 Å². The van der Waals surface area contributed by atoms with E-state index in [9.17, 15) is 9.59 Å². The lowest BCUT2D eigenvalue weighted by Crippen LogP contribution is -2.53. The molecular formula is C14H26N4O3. The standard InChI is InChI=1S/C14H26N4O3/c1-9(2)11(12(15)19)17-10-8-18(7-6-16-10)13(20)21-14(3,4)5/h9,11H,6-8H2,1-5H3,(H2,15,19)(H,16,17). The van der Waals surface area contributed by atoms with Gasteiger partial charge in [-0.25, -0.2) is 4.79 Å². The largest absolute Gasteiger partial charge is 0.444 e. The Morgan fingerprint density at radius 3 is 2.48 bits per heavy atom. The summed E-state index contributed by atoms with van der Waals surface area (Å²) in [6.45, 7) is 10.5. The number of aliphatic imine (C=N–C) groups is 1. The number of nitrogens with two attached hydrogens (primary N) is 1. The number of amides is 2. The summed E-state index contributed by atoms with van der Waals surface area (Å²) in [5, 5.41) is 3.03. The van der Waals surface area contributed by atoms with Gasteiger partial charge in [-0.2, -0.15) is 0 Å². The molecule has 0 aliphatic carbocycles. The minimum absolute atomic E-state index is 0.0436. The van der Waals surface area contributed by atoms with E-state index in [0.29, 0.717) is 25.5 Å². The van der Waals surface area contributed by atoms with Gasteiger partial charge in [-0.1, -0.05) is 13.8 Å². The smallest absolute Gasteiger partial charge is 0.410 e. The van der Waals surface area contributed by atoms with Gasteiger partial charge in [0.2, 0.25) is 5.91 Å². The van der Waals surface area contributed by atoms with E-state index in [2.05, 4.69) is 10.3 Å². The normalized spacial score (nSPS) is 17.2. The molecular weight excluding hydrogens is 272 g/mol. The summed E-state index contributed by atoms with van der Waals surface area (Å²) in [5.74, 6) is 0.203. The molecule has 7 nitrogen and oxygen atoms in total. The van der Waals surface area contributed by atoms with E-state index in [1.807, 2.05) is 34.6 Å². The molecule has 1 unspecified atom stereocenters. The van der Waals surface area contributed by atoms with Crippen molar-refractivity contribution in [3.8, 4) is 0 Å². The summed E-state index contributed by atoms with van der Waals surface area (Å²) in [4.78, 5) is 29.3. The third-order valence-corrected chi connectivity index (χ3v) is 2.96. The number of carbonyl (C=O) groups is 2. The van der Waals surface area contributed by atoms with Crippen LogP contribution in [0, 0.1) is 5.92 Å². The van der Waals surface area contributed by atoms with Gasteiger partial charge in [-0.3, -0.25) is 14.7 Å². The van der Waals surface area contributed by atoms with Crippen molar-refractivity contribution in [2.45, 2.75) is 46.3 Å². The number of carbonyl (C=O) groups excluding carboxylic acids is 2. The van der Waals surface area contributed by atoms with Crippen molar-refractivity contribution in [1.82, 2.24) is 10.2 Å². The second-order valence-electron chi connectivity index (χ2n) is 6.50. The van der Waals surface area contributed by atoms with Crippen molar-refractivity contribution in [1.29, 1.82) is 0 Å². The summed E-state index contributed by atoms with van der Waals surface area (Å²) in [7, 11) is 0. The number of primary amides is 1. The summed E-state index contributed by atoms with van der Waals surface area (Å²) < 4.78 is 5.34. The van der Waals surface area contributed by atoms with Crippen molar-refractivity contribution >= 4 is 17.8 Å². The quantitative estimate of drug-likeness (QED) is 0.803. The minimum atomic E-state index is -0.535. The minimum Gasteiger partial charge on any atom is -0.444 e. The third-order valence-electron chi connectivity index (χ3n) is 2.96. The third kappa shape index (κ3) is 5.61. The van der Waals surface area contributed by atoms with Crippen LogP contribution in [0.4, 0.5) is 4.79 Å². The first-order valence-electron chi connectivity index (χ1n) is 7.17. The Kier molecular flexibility index (Phi) is 5.57. The molecule has 21 heavy (non-hydrogen) atoms. The molecule has 7 heteroatoms. The molecule has 0 saturated carbocycles. The molecule has 1 rings (SSSR count). The monoisotopic (exact) mass is 298 g/mol. The van der Waals surface area contributed by atoms with Gasteiger partial charge in [0.25, 0.3) is 0 Å². The highest BCUT2D eigenvalue weighted by Gasteiger charge is 2.27. The predicted octanol–water partition coefficient (Wildman–Crippen LogP) is 0.735. The Hall–Kier alpha value is -1.79. The van der Waals surface area contributed by atoms with Crippen LogP contribution in [0.5, 0.6) is 0 Å². The maximum Gasteiger partial charge on any atom is 0.410 e. The van der Waals surface area contributed by atoms with Crippen molar-refractivity contribution in [3.63, 3.8) is 0 Å². The topological polar surface area (TPSA) is 97.0 Å². The fraction of sp³-hybridized carbons (Fsp3) is 0.786. The van der Waals surface area contributed by atoms with E-state index in [1.54, 1.807) is 4.90 Å². The molecule has 1 heterocycles. The molecule has 0 aromatic rings. The van der Waals surface area contributed by atoms with Crippen LogP contribution in [0.1, 0.15) is 34.6 Å². The second kappa shape index (κ2) is 6.78. The molecule has 120 valence electrons. The van der Waals surface area contributed by atoms with Crippen LogP contribution in [0.3, 0.4) is 0 Å². The van der Waals surface area contributed by atoms with E-state index in [4.69, 9.17) is 10.5 Å². The lowest BCUT2D eigenvalue weighted by Gasteiger charge is -2.31.